The zero-order valence-electron chi connectivity index (χ0n) is 12.4. The smallest absolute Gasteiger partial charge is 0.234 e. The molecular formula is C16H13ClN4OS2. The van der Waals surface area contributed by atoms with Crippen molar-refractivity contribution in [3.63, 3.8) is 0 Å². The molecule has 0 bridgehead atoms. The minimum Gasteiger partial charge on any atom is -0.330 e. The van der Waals surface area contributed by atoms with Gasteiger partial charge < -0.3 is 10.6 Å². The van der Waals surface area contributed by atoms with Crippen molar-refractivity contribution in [3.8, 4) is 0 Å². The molecule has 0 atom stereocenters. The molecule has 0 fully saturated rings. The number of anilines is 3. The van der Waals surface area contributed by atoms with Gasteiger partial charge in [0.05, 0.1) is 16.5 Å². The van der Waals surface area contributed by atoms with E-state index in [-0.39, 0.29) is 11.7 Å². The molecular weight excluding hydrogens is 364 g/mol. The monoisotopic (exact) mass is 376 g/mol. The summed E-state index contributed by atoms with van der Waals surface area (Å²) in [6.45, 7) is 0. The summed E-state index contributed by atoms with van der Waals surface area (Å²) < 4.78 is 0.725. The maximum Gasteiger partial charge on any atom is 0.234 e. The van der Waals surface area contributed by atoms with Gasteiger partial charge in [0.15, 0.2) is 4.34 Å². The first-order chi connectivity index (χ1) is 11.7. The fraction of sp³-hybridized carbons (Fsp3) is 0.0625. The number of halogens is 1. The van der Waals surface area contributed by atoms with Gasteiger partial charge in [0, 0.05) is 5.69 Å². The lowest BCUT2D eigenvalue weighted by molar-refractivity contribution is -0.113. The number of para-hydroxylation sites is 2. The molecule has 24 heavy (non-hydrogen) atoms. The predicted octanol–water partition coefficient (Wildman–Crippen LogP) is 4.67. The van der Waals surface area contributed by atoms with Gasteiger partial charge in [-0.2, -0.15) is 0 Å². The minimum absolute atomic E-state index is 0.138. The average Bonchev–Trinajstić information content (AvgIpc) is 3.03. The van der Waals surface area contributed by atoms with Crippen LogP contribution in [0, 0.1) is 0 Å². The highest BCUT2D eigenvalue weighted by atomic mass is 35.5. The molecule has 3 rings (SSSR count). The number of carbonyl (C=O) groups excluding carboxylic acids is 1. The number of hydrogen-bond donors (Lipinski definition) is 2. The van der Waals surface area contributed by atoms with Gasteiger partial charge in [-0.3, -0.25) is 4.79 Å². The highest BCUT2D eigenvalue weighted by Crippen LogP contribution is 2.28. The van der Waals surface area contributed by atoms with Gasteiger partial charge in [-0.15, -0.1) is 10.2 Å². The topological polar surface area (TPSA) is 66.9 Å². The third-order valence-electron chi connectivity index (χ3n) is 2.91. The molecule has 0 saturated heterocycles. The first-order valence-corrected chi connectivity index (χ1v) is 9.21. The third kappa shape index (κ3) is 4.70. The maximum atomic E-state index is 12.0. The number of nitrogens with zero attached hydrogens (tertiary/aromatic N) is 2. The molecule has 122 valence electrons. The second-order valence-corrected chi connectivity index (χ2v) is 7.29. The first-order valence-electron chi connectivity index (χ1n) is 7.03. The number of benzene rings is 2. The van der Waals surface area contributed by atoms with E-state index in [0.29, 0.717) is 15.8 Å². The van der Waals surface area contributed by atoms with E-state index in [0.717, 1.165) is 10.0 Å². The number of carbonyl (C=O) groups is 1. The van der Waals surface area contributed by atoms with Crippen LogP contribution in [0.25, 0.3) is 0 Å². The number of aromatic nitrogens is 2. The molecule has 2 N–H and O–H groups in total. The Balaban J connectivity index is 1.52. The number of thioether (sulfide) groups is 1. The van der Waals surface area contributed by atoms with E-state index in [9.17, 15) is 4.79 Å². The normalized spacial score (nSPS) is 10.4. The Morgan fingerprint density at radius 2 is 1.83 bits per heavy atom. The summed E-state index contributed by atoms with van der Waals surface area (Å²) in [6.07, 6.45) is 0. The highest BCUT2D eigenvalue weighted by molar-refractivity contribution is 8.01. The molecule has 1 amide bonds. The SMILES string of the molecule is O=C(CSc1nnc(Nc2ccccc2)s1)Nc1ccccc1Cl. The van der Waals surface area contributed by atoms with E-state index in [1.807, 2.05) is 42.5 Å². The van der Waals surface area contributed by atoms with E-state index in [2.05, 4.69) is 20.8 Å². The first kappa shape index (κ1) is 16.8. The Kier molecular flexibility index (Phi) is 5.68. The summed E-state index contributed by atoms with van der Waals surface area (Å²) in [5.41, 5.74) is 1.55. The van der Waals surface area contributed by atoms with Crippen LogP contribution in [-0.4, -0.2) is 21.9 Å². The molecule has 0 radical (unpaired) electrons. The van der Waals surface area contributed by atoms with Gasteiger partial charge in [0.25, 0.3) is 0 Å². The van der Waals surface area contributed by atoms with Crippen LogP contribution in [0.2, 0.25) is 5.02 Å². The lowest BCUT2D eigenvalue weighted by Gasteiger charge is -2.05. The summed E-state index contributed by atoms with van der Waals surface area (Å²) in [5, 5.41) is 15.3. The van der Waals surface area contributed by atoms with Crippen molar-refractivity contribution in [1.29, 1.82) is 0 Å². The fourth-order valence-corrected chi connectivity index (χ4v) is 3.59. The Morgan fingerprint density at radius 1 is 1.08 bits per heavy atom. The summed E-state index contributed by atoms with van der Waals surface area (Å²) in [5.74, 6) is 0.103. The number of rotatable bonds is 6. The van der Waals surface area contributed by atoms with E-state index in [1.165, 1.54) is 23.1 Å². The number of amides is 1. The molecule has 0 unspecified atom stereocenters. The maximum absolute atomic E-state index is 12.0. The van der Waals surface area contributed by atoms with Crippen molar-refractivity contribution < 1.29 is 4.79 Å². The predicted molar refractivity (Wildman–Crippen MR) is 100 cm³/mol. The highest BCUT2D eigenvalue weighted by Gasteiger charge is 2.09. The van der Waals surface area contributed by atoms with Gasteiger partial charge >= 0.3 is 0 Å². The summed E-state index contributed by atoms with van der Waals surface area (Å²) in [6, 6.07) is 16.9. The van der Waals surface area contributed by atoms with Crippen LogP contribution in [0.15, 0.2) is 58.9 Å². The van der Waals surface area contributed by atoms with Crippen LogP contribution in [-0.2, 0) is 4.79 Å². The standard InChI is InChI=1S/C16H13ClN4OS2/c17-12-8-4-5-9-13(12)19-14(22)10-23-16-21-20-15(24-16)18-11-6-2-1-3-7-11/h1-9H,10H2,(H,18,20)(H,19,22). The van der Waals surface area contributed by atoms with Crippen molar-refractivity contribution in [2.75, 3.05) is 16.4 Å². The Bertz CT molecular complexity index is 826. The second-order valence-electron chi connectivity index (χ2n) is 4.68. The van der Waals surface area contributed by atoms with Crippen LogP contribution in [0.3, 0.4) is 0 Å². The second kappa shape index (κ2) is 8.14. The summed E-state index contributed by atoms with van der Waals surface area (Å²) in [4.78, 5) is 12.0. The van der Waals surface area contributed by atoms with E-state index >= 15 is 0 Å². The Morgan fingerprint density at radius 3 is 2.62 bits per heavy atom. The van der Waals surface area contributed by atoms with Gasteiger partial charge in [-0.25, -0.2) is 0 Å². The zero-order valence-corrected chi connectivity index (χ0v) is 14.8. The lowest BCUT2D eigenvalue weighted by atomic mass is 10.3. The van der Waals surface area contributed by atoms with Crippen LogP contribution in [0.4, 0.5) is 16.5 Å². The molecule has 0 aliphatic carbocycles. The zero-order chi connectivity index (χ0) is 16.8. The molecule has 1 heterocycles. The summed E-state index contributed by atoms with van der Waals surface area (Å²) >= 11 is 8.75. The van der Waals surface area contributed by atoms with Crippen LogP contribution in [0.5, 0.6) is 0 Å². The number of hydrogen-bond acceptors (Lipinski definition) is 6. The van der Waals surface area contributed by atoms with E-state index in [4.69, 9.17) is 11.6 Å². The molecule has 3 aromatic rings. The van der Waals surface area contributed by atoms with Gasteiger partial charge in [0.1, 0.15) is 0 Å². The molecule has 0 spiro atoms. The third-order valence-corrected chi connectivity index (χ3v) is 5.21. The molecule has 1 aromatic heterocycles. The fourth-order valence-electron chi connectivity index (χ4n) is 1.84. The molecule has 5 nitrogen and oxygen atoms in total. The van der Waals surface area contributed by atoms with Crippen molar-refractivity contribution >= 4 is 57.1 Å². The quantitative estimate of drug-likeness (QED) is 0.612. The van der Waals surface area contributed by atoms with E-state index in [1.54, 1.807) is 12.1 Å². The van der Waals surface area contributed by atoms with Crippen molar-refractivity contribution in [2.24, 2.45) is 0 Å². The van der Waals surface area contributed by atoms with Gasteiger partial charge in [-0.05, 0) is 24.3 Å². The Hall–Kier alpha value is -2.09. The molecule has 0 saturated carbocycles. The van der Waals surface area contributed by atoms with Crippen molar-refractivity contribution in [2.45, 2.75) is 4.34 Å². The molecule has 0 aliphatic heterocycles. The largest absolute Gasteiger partial charge is 0.330 e. The average molecular weight is 377 g/mol. The van der Waals surface area contributed by atoms with Crippen molar-refractivity contribution in [3.05, 3.63) is 59.6 Å². The van der Waals surface area contributed by atoms with Gasteiger partial charge in [-0.1, -0.05) is 65.0 Å². The van der Waals surface area contributed by atoms with Crippen molar-refractivity contribution in [1.82, 2.24) is 10.2 Å². The minimum atomic E-state index is -0.138. The Labute approximate surface area is 152 Å². The lowest BCUT2D eigenvalue weighted by Crippen LogP contribution is -2.14. The molecule has 2 aromatic carbocycles. The molecule has 0 aliphatic rings. The number of nitrogens with one attached hydrogen (secondary N) is 2. The summed E-state index contributed by atoms with van der Waals surface area (Å²) in [7, 11) is 0. The van der Waals surface area contributed by atoms with Crippen LogP contribution >= 0.6 is 34.7 Å². The van der Waals surface area contributed by atoms with E-state index < -0.39 is 0 Å². The van der Waals surface area contributed by atoms with Gasteiger partial charge in [0.2, 0.25) is 11.0 Å². The van der Waals surface area contributed by atoms with Crippen LogP contribution in [0.1, 0.15) is 0 Å². The van der Waals surface area contributed by atoms with Crippen LogP contribution < -0.4 is 10.6 Å². The molecule has 8 heteroatoms.